The standard InChI is InChI=1S/C30H60N2O5S/c1-4-5-6-7-8-9-10-11-12-13-14-15-16-17-18-19-20-21-22-24-30(34)31-25-23-26-32(2,3)27-29(33)28-38(35,36)37/h11-12,29,33H,4-10,13-28H2,1-3H3,(H-,31,34,35,36,37)/b12-11-. The summed E-state index contributed by atoms with van der Waals surface area (Å²) in [5.41, 5.74) is 0. The van der Waals surface area contributed by atoms with E-state index in [1.54, 1.807) is 0 Å². The van der Waals surface area contributed by atoms with Crippen LogP contribution in [0, 0.1) is 0 Å². The van der Waals surface area contributed by atoms with Gasteiger partial charge in [-0.1, -0.05) is 96.1 Å². The molecule has 0 saturated carbocycles. The van der Waals surface area contributed by atoms with E-state index in [0.717, 1.165) is 19.3 Å². The van der Waals surface area contributed by atoms with Gasteiger partial charge in [-0.05, 0) is 32.1 Å². The average molecular weight is 561 g/mol. The number of likely N-dealkylation sites (N-methyl/N-ethyl adjacent to an activating group) is 1. The molecule has 1 atom stereocenters. The minimum Gasteiger partial charge on any atom is -0.748 e. The van der Waals surface area contributed by atoms with E-state index in [2.05, 4.69) is 24.4 Å². The normalized spacial score (nSPS) is 13.3. The van der Waals surface area contributed by atoms with Gasteiger partial charge in [0.25, 0.3) is 0 Å². The Kier molecular flexibility index (Phi) is 23.3. The predicted molar refractivity (Wildman–Crippen MR) is 158 cm³/mol. The highest BCUT2D eigenvalue weighted by atomic mass is 32.2. The van der Waals surface area contributed by atoms with E-state index < -0.39 is 22.0 Å². The number of carbonyl (C=O) groups is 1. The number of unbranched alkanes of at least 4 members (excludes halogenated alkanes) is 15. The Morgan fingerprint density at radius 1 is 0.816 bits per heavy atom. The van der Waals surface area contributed by atoms with E-state index in [4.69, 9.17) is 0 Å². The second-order valence-corrected chi connectivity index (χ2v) is 13.1. The average Bonchev–Trinajstić information content (AvgIpc) is 2.81. The van der Waals surface area contributed by atoms with Gasteiger partial charge in [0, 0.05) is 19.4 Å². The predicted octanol–water partition coefficient (Wildman–Crippen LogP) is 6.07. The van der Waals surface area contributed by atoms with Crippen molar-refractivity contribution in [1.82, 2.24) is 5.32 Å². The number of aliphatic hydroxyl groups is 1. The fraction of sp³-hybridized carbons (Fsp3) is 0.900. The summed E-state index contributed by atoms with van der Waals surface area (Å²) in [6.07, 6.45) is 26.7. The number of nitrogens with zero attached hydrogens (tertiary/aromatic N) is 1. The third-order valence-electron chi connectivity index (χ3n) is 7.03. The van der Waals surface area contributed by atoms with Gasteiger partial charge in [-0.2, -0.15) is 0 Å². The number of aliphatic hydroxyl groups excluding tert-OH is 1. The van der Waals surface area contributed by atoms with Crippen LogP contribution in [0.4, 0.5) is 0 Å². The lowest BCUT2D eigenvalue weighted by Crippen LogP contribution is -2.48. The minimum absolute atomic E-state index is 0.0776. The molecule has 1 unspecified atom stereocenters. The molecule has 8 heteroatoms. The van der Waals surface area contributed by atoms with Gasteiger partial charge in [-0.15, -0.1) is 0 Å². The highest BCUT2D eigenvalue weighted by Crippen LogP contribution is 2.12. The van der Waals surface area contributed by atoms with Gasteiger partial charge < -0.3 is 19.5 Å². The lowest BCUT2D eigenvalue weighted by molar-refractivity contribution is -0.893. The van der Waals surface area contributed by atoms with E-state index in [-0.39, 0.29) is 12.5 Å². The lowest BCUT2D eigenvalue weighted by atomic mass is 10.1. The Morgan fingerprint density at radius 2 is 1.29 bits per heavy atom. The molecule has 0 aromatic carbocycles. The maximum absolute atomic E-state index is 12.0. The zero-order chi connectivity index (χ0) is 28.5. The number of nitrogens with one attached hydrogen (secondary N) is 1. The van der Waals surface area contributed by atoms with Crippen LogP contribution < -0.4 is 5.32 Å². The Hall–Kier alpha value is -0.960. The third-order valence-corrected chi connectivity index (χ3v) is 7.82. The third kappa shape index (κ3) is 28.1. The lowest BCUT2D eigenvalue weighted by Gasteiger charge is -2.32. The molecule has 0 spiro atoms. The van der Waals surface area contributed by atoms with E-state index in [9.17, 15) is 22.9 Å². The summed E-state index contributed by atoms with van der Waals surface area (Å²) in [5, 5.41) is 12.7. The highest BCUT2D eigenvalue weighted by Gasteiger charge is 2.21. The first-order chi connectivity index (χ1) is 18.1. The molecule has 0 saturated heterocycles. The summed E-state index contributed by atoms with van der Waals surface area (Å²) in [5.74, 6) is -0.684. The van der Waals surface area contributed by atoms with Crippen molar-refractivity contribution in [2.24, 2.45) is 0 Å². The summed E-state index contributed by atoms with van der Waals surface area (Å²) in [7, 11) is -0.683. The molecular formula is C30H60N2O5S. The molecule has 0 aliphatic rings. The molecule has 0 aromatic rings. The summed E-state index contributed by atoms with van der Waals surface area (Å²) >= 11 is 0. The first-order valence-corrected chi connectivity index (χ1v) is 17.0. The first-order valence-electron chi connectivity index (χ1n) is 15.4. The summed E-state index contributed by atoms with van der Waals surface area (Å²) < 4.78 is 32.7. The number of allylic oxidation sites excluding steroid dienone is 2. The van der Waals surface area contributed by atoms with Crippen LogP contribution in [-0.2, 0) is 14.9 Å². The number of quaternary nitrogens is 1. The number of hydrogen-bond donors (Lipinski definition) is 2. The number of rotatable bonds is 27. The molecular weight excluding hydrogens is 500 g/mol. The smallest absolute Gasteiger partial charge is 0.219 e. The van der Waals surface area contributed by atoms with Crippen molar-refractivity contribution in [3.8, 4) is 0 Å². The molecule has 0 bridgehead atoms. The van der Waals surface area contributed by atoms with Crippen LogP contribution in [0.15, 0.2) is 12.2 Å². The van der Waals surface area contributed by atoms with Gasteiger partial charge in [0.2, 0.25) is 5.91 Å². The van der Waals surface area contributed by atoms with Crippen LogP contribution in [0.1, 0.15) is 129 Å². The fourth-order valence-corrected chi connectivity index (χ4v) is 5.41. The second kappa shape index (κ2) is 23.9. The second-order valence-electron chi connectivity index (χ2n) is 11.7. The largest absolute Gasteiger partial charge is 0.748 e. The van der Waals surface area contributed by atoms with Crippen molar-refractivity contribution in [2.45, 2.75) is 135 Å². The zero-order valence-electron chi connectivity index (χ0n) is 24.9. The van der Waals surface area contributed by atoms with Crippen LogP contribution in [0.3, 0.4) is 0 Å². The summed E-state index contributed by atoms with van der Waals surface area (Å²) in [6.45, 7) is 3.69. The molecule has 0 aliphatic carbocycles. The maximum Gasteiger partial charge on any atom is 0.219 e. The molecule has 0 fully saturated rings. The van der Waals surface area contributed by atoms with Gasteiger partial charge in [0.05, 0.1) is 36.5 Å². The Labute approximate surface area is 235 Å². The van der Waals surface area contributed by atoms with Gasteiger partial charge in [0.15, 0.2) is 0 Å². The van der Waals surface area contributed by atoms with E-state index in [1.807, 2.05) is 14.1 Å². The SMILES string of the molecule is CCCCCCCC/C=C\CCCCCCCCCCCC(=O)NCCC[N+](C)(C)CC(O)CS(=O)(=O)[O-]. The van der Waals surface area contributed by atoms with Crippen LogP contribution in [0.5, 0.6) is 0 Å². The van der Waals surface area contributed by atoms with Gasteiger partial charge in [0.1, 0.15) is 12.6 Å². The molecule has 0 aromatic heterocycles. The van der Waals surface area contributed by atoms with Crippen LogP contribution in [0.25, 0.3) is 0 Å². The Bertz CT molecular complexity index is 695. The molecule has 2 N–H and O–H groups in total. The van der Waals surface area contributed by atoms with Crippen molar-refractivity contribution in [3.63, 3.8) is 0 Å². The Morgan fingerprint density at radius 3 is 1.79 bits per heavy atom. The monoisotopic (exact) mass is 560 g/mol. The molecule has 1 amide bonds. The molecule has 226 valence electrons. The van der Waals surface area contributed by atoms with E-state index in [0.29, 0.717) is 24.0 Å². The van der Waals surface area contributed by atoms with Gasteiger partial charge in [-0.25, -0.2) is 8.42 Å². The van der Waals surface area contributed by atoms with Crippen molar-refractivity contribution >= 4 is 16.0 Å². The molecule has 0 heterocycles. The number of amides is 1. The zero-order valence-corrected chi connectivity index (χ0v) is 25.7. The van der Waals surface area contributed by atoms with E-state index >= 15 is 0 Å². The number of hydrogen-bond acceptors (Lipinski definition) is 5. The molecule has 7 nitrogen and oxygen atoms in total. The summed E-state index contributed by atoms with van der Waals surface area (Å²) in [4.78, 5) is 12.0. The van der Waals surface area contributed by atoms with E-state index in [1.165, 1.54) is 96.3 Å². The van der Waals surface area contributed by atoms with Crippen LogP contribution in [0.2, 0.25) is 0 Å². The Balaban J connectivity index is 3.47. The van der Waals surface area contributed by atoms with Crippen molar-refractivity contribution in [1.29, 1.82) is 0 Å². The maximum atomic E-state index is 12.0. The molecule has 0 rings (SSSR count). The number of carbonyl (C=O) groups excluding carboxylic acids is 1. The van der Waals surface area contributed by atoms with Crippen LogP contribution >= 0.6 is 0 Å². The molecule has 0 aliphatic heterocycles. The van der Waals surface area contributed by atoms with Gasteiger partial charge in [-0.3, -0.25) is 4.79 Å². The molecule has 38 heavy (non-hydrogen) atoms. The minimum atomic E-state index is -4.43. The van der Waals surface area contributed by atoms with Crippen LogP contribution in [-0.4, -0.2) is 74.1 Å². The fourth-order valence-electron chi connectivity index (χ4n) is 4.84. The topological polar surface area (TPSA) is 107 Å². The highest BCUT2D eigenvalue weighted by molar-refractivity contribution is 7.85. The first kappa shape index (κ1) is 37.0. The molecule has 0 radical (unpaired) electrons. The van der Waals surface area contributed by atoms with Crippen molar-refractivity contribution in [3.05, 3.63) is 12.2 Å². The quantitative estimate of drug-likeness (QED) is 0.0549. The van der Waals surface area contributed by atoms with Crippen molar-refractivity contribution in [2.75, 3.05) is 39.5 Å². The van der Waals surface area contributed by atoms with Gasteiger partial charge >= 0.3 is 0 Å². The summed E-state index contributed by atoms with van der Waals surface area (Å²) in [6, 6.07) is 0. The van der Waals surface area contributed by atoms with Crippen molar-refractivity contribution < 1.29 is 27.4 Å².